The molecule has 0 N–H and O–H groups in total. The van der Waals surface area contributed by atoms with Crippen LogP contribution in [0.25, 0.3) is 0 Å². The number of hydrogen-bond donors (Lipinski definition) is 0. The minimum Gasteiger partial charge on any atom is -0.484 e. The van der Waals surface area contributed by atoms with Gasteiger partial charge in [-0.25, -0.2) is 0 Å². The normalized spacial score (nSPS) is 10.6. The second-order valence-electron chi connectivity index (χ2n) is 5.29. The summed E-state index contributed by atoms with van der Waals surface area (Å²) in [6.07, 6.45) is 0. The third kappa shape index (κ3) is 5.08. The van der Waals surface area contributed by atoms with E-state index in [2.05, 4.69) is 10.2 Å². The van der Waals surface area contributed by atoms with Gasteiger partial charge < -0.3 is 9.15 Å². The summed E-state index contributed by atoms with van der Waals surface area (Å²) in [5, 5.41) is 8.78. The van der Waals surface area contributed by atoms with Crippen LogP contribution in [0.2, 0.25) is 5.02 Å². The van der Waals surface area contributed by atoms with Gasteiger partial charge in [0, 0.05) is 10.6 Å². The molecule has 25 heavy (non-hydrogen) atoms. The van der Waals surface area contributed by atoms with E-state index < -0.39 is 0 Å². The summed E-state index contributed by atoms with van der Waals surface area (Å²) < 4.78 is 11.1. The largest absolute Gasteiger partial charge is 0.484 e. The highest BCUT2D eigenvalue weighted by Crippen LogP contribution is 2.20. The SMILES string of the molecule is Cc1cccc(OCc2nnc(SCC(=O)c3ccc(Cl)cc3)o2)c1. The van der Waals surface area contributed by atoms with Crippen LogP contribution in [0.5, 0.6) is 5.75 Å². The Hall–Kier alpha value is -2.31. The number of Topliss-reactive ketones (excluding diaryl/α,β-unsaturated/α-hetero) is 1. The van der Waals surface area contributed by atoms with E-state index in [-0.39, 0.29) is 18.1 Å². The van der Waals surface area contributed by atoms with E-state index in [1.165, 1.54) is 11.8 Å². The lowest BCUT2D eigenvalue weighted by Crippen LogP contribution is -2.01. The van der Waals surface area contributed by atoms with E-state index in [1.807, 2.05) is 31.2 Å². The zero-order valence-corrected chi connectivity index (χ0v) is 15.0. The Bertz CT molecular complexity index is 865. The number of aryl methyl sites for hydroxylation is 1. The van der Waals surface area contributed by atoms with Gasteiger partial charge in [-0.05, 0) is 48.9 Å². The predicted octanol–water partition coefficient (Wildman–Crippen LogP) is 4.59. The molecule has 1 heterocycles. The van der Waals surface area contributed by atoms with Crippen LogP contribution in [0.3, 0.4) is 0 Å². The van der Waals surface area contributed by atoms with Gasteiger partial charge >= 0.3 is 0 Å². The molecule has 0 aliphatic heterocycles. The molecule has 3 rings (SSSR count). The summed E-state index contributed by atoms with van der Waals surface area (Å²) in [7, 11) is 0. The first-order chi connectivity index (χ1) is 12.1. The van der Waals surface area contributed by atoms with Crippen molar-refractivity contribution in [2.45, 2.75) is 18.8 Å². The first-order valence-corrected chi connectivity index (χ1v) is 8.90. The maximum Gasteiger partial charge on any atom is 0.277 e. The highest BCUT2D eigenvalue weighted by molar-refractivity contribution is 7.99. The van der Waals surface area contributed by atoms with Gasteiger partial charge in [-0.1, -0.05) is 35.5 Å². The molecule has 7 heteroatoms. The van der Waals surface area contributed by atoms with Crippen LogP contribution in [0.15, 0.2) is 58.2 Å². The van der Waals surface area contributed by atoms with Gasteiger partial charge in [0.1, 0.15) is 5.75 Å². The zero-order valence-electron chi connectivity index (χ0n) is 13.4. The molecule has 0 amide bonds. The van der Waals surface area contributed by atoms with E-state index in [4.69, 9.17) is 20.8 Å². The van der Waals surface area contributed by atoms with Crippen LogP contribution in [0.1, 0.15) is 21.8 Å². The highest BCUT2D eigenvalue weighted by Gasteiger charge is 2.12. The van der Waals surface area contributed by atoms with Crippen LogP contribution in [-0.2, 0) is 6.61 Å². The van der Waals surface area contributed by atoms with Crippen LogP contribution < -0.4 is 4.74 Å². The standard InChI is InChI=1S/C18H15ClN2O3S/c1-12-3-2-4-15(9-12)23-10-17-20-21-18(24-17)25-11-16(22)13-5-7-14(19)8-6-13/h2-9H,10-11H2,1H3. The number of ether oxygens (including phenoxy) is 1. The highest BCUT2D eigenvalue weighted by atomic mass is 35.5. The van der Waals surface area contributed by atoms with Crippen molar-refractivity contribution < 1.29 is 13.9 Å². The summed E-state index contributed by atoms with van der Waals surface area (Å²) in [5.41, 5.74) is 1.71. The smallest absolute Gasteiger partial charge is 0.277 e. The fourth-order valence-corrected chi connectivity index (χ4v) is 2.85. The third-order valence-electron chi connectivity index (χ3n) is 3.29. The van der Waals surface area contributed by atoms with Crippen LogP contribution in [-0.4, -0.2) is 21.7 Å². The van der Waals surface area contributed by atoms with E-state index in [0.717, 1.165) is 11.3 Å². The topological polar surface area (TPSA) is 65.2 Å². The summed E-state index contributed by atoms with van der Waals surface area (Å²) in [6.45, 7) is 2.17. The number of rotatable bonds is 7. The fourth-order valence-electron chi connectivity index (χ4n) is 2.05. The van der Waals surface area contributed by atoms with Crippen molar-refractivity contribution in [3.8, 4) is 5.75 Å². The Balaban J connectivity index is 1.51. The maximum atomic E-state index is 12.1. The van der Waals surface area contributed by atoms with Crippen molar-refractivity contribution in [2.24, 2.45) is 0 Å². The predicted molar refractivity (Wildman–Crippen MR) is 96.3 cm³/mol. The molecule has 0 fully saturated rings. The van der Waals surface area contributed by atoms with Gasteiger partial charge in [0.15, 0.2) is 12.4 Å². The van der Waals surface area contributed by atoms with Crippen molar-refractivity contribution in [3.05, 3.63) is 70.6 Å². The summed E-state index contributed by atoms with van der Waals surface area (Å²) in [6, 6.07) is 14.5. The molecule has 5 nitrogen and oxygen atoms in total. The second-order valence-corrected chi connectivity index (χ2v) is 6.65. The minimum absolute atomic E-state index is 0.0302. The molecular weight excluding hydrogens is 360 g/mol. The molecule has 3 aromatic rings. The lowest BCUT2D eigenvalue weighted by atomic mass is 10.1. The molecule has 2 aromatic carbocycles. The van der Waals surface area contributed by atoms with E-state index in [0.29, 0.717) is 21.7 Å². The van der Waals surface area contributed by atoms with Crippen molar-refractivity contribution in [1.29, 1.82) is 0 Å². The molecule has 128 valence electrons. The zero-order chi connectivity index (χ0) is 17.6. The van der Waals surface area contributed by atoms with Gasteiger partial charge in [0.25, 0.3) is 11.1 Å². The Labute approximate surface area is 154 Å². The average molecular weight is 375 g/mol. The maximum absolute atomic E-state index is 12.1. The number of ketones is 1. The molecule has 0 unspecified atom stereocenters. The third-order valence-corrected chi connectivity index (χ3v) is 4.36. The van der Waals surface area contributed by atoms with Gasteiger partial charge in [-0.3, -0.25) is 4.79 Å². The monoisotopic (exact) mass is 374 g/mol. The van der Waals surface area contributed by atoms with Crippen LogP contribution in [0, 0.1) is 6.92 Å². The van der Waals surface area contributed by atoms with Crippen LogP contribution in [0.4, 0.5) is 0 Å². The van der Waals surface area contributed by atoms with E-state index >= 15 is 0 Å². The quantitative estimate of drug-likeness (QED) is 0.445. The number of hydrogen-bond acceptors (Lipinski definition) is 6. The summed E-state index contributed by atoms with van der Waals surface area (Å²) >= 11 is 7.01. The molecule has 0 radical (unpaired) electrons. The first kappa shape index (κ1) is 17.5. The molecule has 0 bridgehead atoms. The summed E-state index contributed by atoms with van der Waals surface area (Å²) in [4.78, 5) is 12.1. The Kier molecular flexibility index (Phi) is 5.73. The second kappa shape index (κ2) is 8.18. The lowest BCUT2D eigenvalue weighted by molar-refractivity contribution is 0.102. The van der Waals surface area contributed by atoms with Crippen molar-refractivity contribution in [3.63, 3.8) is 0 Å². The molecule has 0 saturated carbocycles. The average Bonchev–Trinajstić information content (AvgIpc) is 3.06. The Morgan fingerprint density at radius 1 is 1.20 bits per heavy atom. The Morgan fingerprint density at radius 2 is 2.00 bits per heavy atom. The number of halogens is 1. The molecular formula is C18H15ClN2O3S. The van der Waals surface area contributed by atoms with Crippen molar-refractivity contribution in [1.82, 2.24) is 10.2 Å². The van der Waals surface area contributed by atoms with Crippen molar-refractivity contribution >= 4 is 29.1 Å². The number of carbonyl (C=O) groups is 1. The number of nitrogens with zero attached hydrogens (tertiary/aromatic N) is 2. The van der Waals surface area contributed by atoms with E-state index in [1.54, 1.807) is 24.3 Å². The fraction of sp³-hybridized carbons (Fsp3) is 0.167. The van der Waals surface area contributed by atoms with Gasteiger partial charge in [0.05, 0.1) is 5.75 Å². The molecule has 0 spiro atoms. The number of carbonyl (C=O) groups excluding carboxylic acids is 1. The number of benzene rings is 2. The Morgan fingerprint density at radius 3 is 2.76 bits per heavy atom. The van der Waals surface area contributed by atoms with Crippen LogP contribution >= 0.6 is 23.4 Å². The summed E-state index contributed by atoms with van der Waals surface area (Å²) in [5.74, 6) is 1.29. The number of thioether (sulfide) groups is 1. The number of aromatic nitrogens is 2. The molecule has 0 aliphatic carbocycles. The minimum atomic E-state index is -0.0302. The molecule has 0 aliphatic rings. The van der Waals surface area contributed by atoms with Gasteiger partial charge in [-0.2, -0.15) is 0 Å². The first-order valence-electron chi connectivity index (χ1n) is 7.53. The van der Waals surface area contributed by atoms with Gasteiger partial charge in [0.2, 0.25) is 0 Å². The van der Waals surface area contributed by atoms with Gasteiger partial charge in [-0.15, -0.1) is 10.2 Å². The lowest BCUT2D eigenvalue weighted by Gasteiger charge is -2.03. The molecule has 0 atom stereocenters. The van der Waals surface area contributed by atoms with E-state index in [9.17, 15) is 4.79 Å². The molecule has 1 aromatic heterocycles. The van der Waals surface area contributed by atoms with Crippen molar-refractivity contribution in [2.75, 3.05) is 5.75 Å². The molecule has 0 saturated heterocycles.